The van der Waals surface area contributed by atoms with E-state index in [1.54, 1.807) is 27.2 Å². The summed E-state index contributed by atoms with van der Waals surface area (Å²) in [6, 6.07) is 3.21. The molecule has 11 heteroatoms. The van der Waals surface area contributed by atoms with E-state index in [2.05, 4.69) is 15.0 Å². The minimum atomic E-state index is -0.493. The number of aryl methyl sites for hydroxylation is 1. The number of pyridine rings is 1. The Morgan fingerprint density at radius 1 is 1.24 bits per heavy atom. The minimum absolute atomic E-state index is 0.0168. The van der Waals surface area contributed by atoms with Crippen LogP contribution in [0.25, 0.3) is 28.5 Å². The van der Waals surface area contributed by atoms with Gasteiger partial charge in [0.05, 0.1) is 6.20 Å². The highest BCUT2D eigenvalue weighted by molar-refractivity contribution is 5.86. The summed E-state index contributed by atoms with van der Waals surface area (Å²) in [6.07, 6.45) is 7.28. The molecule has 4 aromatic heterocycles. The van der Waals surface area contributed by atoms with Gasteiger partial charge in [-0.3, -0.25) is 14.5 Å². The zero-order valence-electron chi connectivity index (χ0n) is 18.8. The normalized spacial score (nSPS) is 12.0. The van der Waals surface area contributed by atoms with Crippen LogP contribution in [0.2, 0.25) is 0 Å². The zero-order chi connectivity index (χ0) is 23.7. The van der Waals surface area contributed by atoms with Gasteiger partial charge in [-0.2, -0.15) is 0 Å². The third kappa shape index (κ3) is 4.12. The molecule has 1 atom stereocenters. The number of carbonyl (C=O) groups excluding carboxylic acids is 2. The van der Waals surface area contributed by atoms with Gasteiger partial charge >= 0.3 is 0 Å². The number of nitrogens with two attached hydrogens (primary N) is 1. The number of fused-ring (bicyclic) bond motifs is 1. The Hall–Kier alpha value is -4.28. The molecule has 0 bridgehead atoms. The van der Waals surface area contributed by atoms with Gasteiger partial charge in [-0.1, -0.05) is 0 Å². The summed E-state index contributed by atoms with van der Waals surface area (Å²) in [7, 11) is 3.32. The van der Waals surface area contributed by atoms with Crippen molar-refractivity contribution in [1.82, 2.24) is 29.2 Å². The molecule has 0 fully saturated rings. The average Bonchev–Trinajstić information content (AvgIpc) is 3.45. The molecule has 4 heterocycles. The van der Waals surface area contributed by atoms with Gasteiger partial charge in [0, 0.05) is 50.2 Å². The Labute approximate surface area is 189 Å². The fourth-order valence-electron chi connectivity index (χ4n) is 3.46. The van der Waals surface area contributed by atoms with Crippen molar-refractivity contribution < 1.29 is 14.0 Å². The van der Waals surface area contributed by atoms with Crippen LogP contribution >= 0.6 is 0 Å². The molecule has 2 N–H and O–H groups in total. The van der Waals surface area contributed by atoms with Crippen LogP contribution < -0.4 is 10.6 Å². The van der Waals surface area contributed by atoms with Gasteiger partial charge in [0.2, 0.25) is 18.2 Å². The van der Waals surface area contributed by atoms with E-state index >= 15 is 0 Å². The SMILES string of the molecule is Cc1cnc2ccc(-c3nc(N(C=O)[C@H](C)CC(=O)N(C)C)c(N)nc3-c3ncco3)cn12. The van der Waals surface area contributed by atoms with E-state index in [0.29, 0.717) is 23.4 Å². The summed E-state index contributed by atoms with van der Waals surface area (Å²) < 4.78 is 7.38. The molecule has 0 spiro atoms. The standard InChI is InChI=1S/C22H24N8O3/c1-13(9-17(32)28(3)4)30(12-31)21-20(23)26-19(22-24-7-8-33-22)18(27-21)15-5-6-16-25-10-14(2)29(16)11-15/h5-8,10-13H,9H2,1-4H3,(H2,23,26)/t13-/m1/s1. The lowest BCUT2D eigenvalue weighted by atomic mass is 10.1. The van der Waals surface area contributed by atoms with Crippen LogP contribution in [-0.4, -0.2) is 61.7 Å². The van der Waals surface area contributed by atoms with Crippen molar-refractivity contribution in [3.05, 3.63) is 42.7 Å². The van der Waals surface area contributed by atoms with Gasteiger partial charge in [0.25, 0.3) is 0 Å². The largest absolute Gasteiger partial charge is 0.443 e. The molecule has 4 rings (SSSR count). The number of imidazole rings is 1. The lowest BCUT2D eigenvalue weighted by molar-refractivity contribution is -0.129. The summed E-state index contributed by atoms with van der Waals surface area (Å²) in [6.45, 7) is 3.69. The quantitative estimate of drug-likeness (QED) is 0.425. The molecule has 170 valence electrons. The van der Waals surface area contributed by atoms with E-state index in [-0.39, 0.29) is 29.9 Å². The number of carbonyl (C=O) groups is 2. The van der Waals surface area contributed by atoms with Crippen LogP contribution in [0.15, 0.2) is 41.4 Å². The van der Waals surface area contributed by atoms with Crippen LogP contribution in [0.3, 0.4) is 0 Å². The molecule has 0 unspecified atom stereocenters. The minimum Gasteiger partial charge on any atom is -0.443 e. The van der Waals surface area contributed by atoms with Gasteiger partial charge < -0.3 is 19.5 Å². The monoisotopic (exact) mass is 448 g/mol. The van der Waals surface area contributed by atoms with Crippen LogP contribution in [0.5, 0.6) is 0 Å². The summed E-state index contributed by atoms with van der Waals surface area (Å²) in [4.78, 5) is 44.8. The fraction of sp³-hybridized carbons (Fsp3) is 0.273. The van der Waals surface area contributed by atoms with Crippen molar-refractivity contribution in [3.63, 3.8) is 0 Å². The highest BCUT2D eigenvalue weighted by Crippen LogP contribution is 2.33. The van der Waals surface area contributed by atoms with Crippen molar-refractivity contribution >= 4 is 29.6 Å². The topological polar surface area (TPSA) is 136 Å². The van der Waals surface area contributed by atoms with Crippen LogP contribution in [-0.2, 0) is 9.59 Å². The molecule has 0 aliphatic rings. The molecule has 11 nitrogen and oxygen atoms in total. The predicted molar refractivity (Wildman–Crippen MR) is 122 cm³/mol. The maximum Gasteiger partial charge on any atom is 0.247 e. The molecular formula is C22H24N8O3. The first kappa shape index (κ1) is 21.9. The molecule has 0 saturated carbocycles. The van der Waals surface area contributed by atoms with Crippen molar-refractivity contribution in [1.29, 1.82) is 0 Å². The zero-order valence-corrected chi connectivity index (χ0v) is 18.8. The second-order valence-electron chi connectivity index (χ2n) is 7.87. The number of nitrogen functional groups attached to an aromatic ring is 1. The molecule has 2 amide bonds. The Kier molecular flexibility index (Phi) is 5.78. The number of amides is 2. The molecule has 33 heavy (non-hydrogen) atoms. The average molecular weight is 448 g/mol. The van der Waals surface area contributed by atoms with Crippen LogP contribution in [0, 0.1) is 6.92 Å². The van der Waals surface area contributed by atoms with Crippen molar-refractivity contribution in [3.8, 4) is 22.8 Å². The summed E-state index contributed by atoms with van der Waals surface area (Å²) in [5, 5.41) is 0. The van der Waals surface area contributed by atoms with Crippen LogP contribution in [0.1, 0.15) is 19.0 Å². The van der Waals surface area contributed by atoms with E-state index in [0.717, 1.165) is 11.3 Å². The maximum atomic E-state index is 12.2. The van der Waals surface area contributed by atoms with Gasteiger partial charge in [-0.15, -0.1) is 0 Å². The number of hydrogen-bond donors (Lipinski definition) is 1. The number of aromatic nitrogens is 5. The second-order valence-corrected chi connectivity index (χ2v) is 7.87. The van der Waals surface area contributed by atoms with E-state index < -0.39 is 6.04 Å². The predicted octanol–water partition coefficient (Wildman–Crippen LogP) is 2.17. The molecule has 0 saturated heterocycles. The molecule has 0 aromatic carbocycles. The molecule has 0 radical (unpaired) electrons. The van der Waals surface area contributed by atoms with Crippen molar-refractivity contribution in [2.45, 2.75) is 26.3 Å². The molecule has 0 aliphatic heterocycles. The smallest absolute Gasteiger partial charge is 0.247 e. The Morgan fingerprint density at radius 2 is 2.03 bits per heavy atom. The fourth-order valence-corrected chi connectivity index (χ4v) is 3.46. The summed E-state index contributed by atoms with van der Waals surface area (Å²) in [5.74, 6) is 0.283. The van der Waals surface area contributed by atoms with E-state index in [4.69, 9.17) is 15.1 Å². The van der Waals surface area contributed by atoms with E-state index in [9.17, 15) is 9.59 Å². The van der Waals surface area contributed by atoms with Gasteiger partial charge in [0.15, 0.2) is 17.3 Å². The maximum absolute atomic E-state index is 12.2. The Bertz CT molecular complexity index is 1310. The van der Waals surface area contributed by atoms with Gasteiger partial charge in [-0.05, 0) is 26.0 Å². The number of hydrogen-bond acceptors (Lipinski definition) is 8. The highest BCUT2D eigenvalue weighted by atomic mass is 16.3. The van der Waals surface area contributed by atoms with Gasteiger partial charge in [0.1, 0.15) is 17.6 Å². The van der Waals surface area contributed by atoms with E-state index in [1.807, 2.05) is 29.7 Å². The highest BCUT2D eigenvalue weighted by Gasteiger charge is 2.26. The lowest BCUT2D eigenvalue weighted by Gasteiger charge is -2.26. The second kappa shape index (κ2) is 8.69. The Balaban J connectivity index is 1.86. The third-order valence-corrected chi connectivity index (χ3v) is 5.30. The van der Waals surface area contributed by atoms with Gasteiger partial charge in [-0.25, -0.2) is 19.9 Å². The summed E-state index contributed by atoms with van der Waals surface area (Å²) in [5.41, 5.74) is 9.41. The van der Waals surface area contributed by atoms with Crippen molar-refractivity contribution in [2.75, 3.05) is 24.7 Å². The van der Waals surface area contributed by atoms with E-state index in [1.165, 1.54) is 22.3 Å². The lowest BCUT2D eigenvalue weighted by Crippen LogP contribution is -2.37. The summed E-state index contributed by atoms with van der Waals surface area (Å²) >= 11 is 0. The number of rotatable bonds is 7. The third-order valence-electron chi connectivity index (χ3n) is 5.30. The Morgan fingerprint density at radius 3 is 2.70 bits per heavy atom. The molecular weight excluding hydrogens is 424 g/mol. The van der Waals surface area contributed by atoms with Crippen molar-refractivity contribution in [2.24, 2.45) is 0 Å². The first-order valence-corrected chi connectivity index (χ1v) is 10.3. The first-order chi connectivity index (χ1) is 15.8. The first-order valence-electron chi connectivity index (χ1n) is 10.3. The molecule has 0 aliphatic carbocycles. The number of anilines is 2. The number of oxazole rings is 1. The van der Waals surface area contributed by atoms with Crippen LogP contribution in [0.4, 0.5) is 11.6 Å². The number of nitrogens with zero attached hydrogens (tertiary/aromatic N) is 7. The molecule has 4 aromatic rings.